The molecule has 1 aromatic heterocycles. The van der Waals surface area contributed by atoms with Gasteiger partial charge in [-0.15, -0.1) is 0 Å². The summed E-state index contributed by atoms with van der Waals surface area (Å²) in [5, 5.41) is 2.32. The van der Waals surface area contributed by atoms with Crippen LogP contribution in [0.15, 0.2) is 66.7 Å². The summed E-state index contributed by atoms with van der Waals surface area (Å²) in [5.41, 5.74) is 0.561. The van der Waals surface area contributed by atoms with Gasteiger partial charge < -0.3 is 9.47 Å². The van der Waals surface area contributed by atoms with Crippen molar-refractivity contribution in [3.63, 3.8) is 0 Å². The van der Waals surface area contributed by atoms with E-state index in [1.165, 1.54) is 39.6 Å². The van der Waals surface area contributed by atoms with E-state index < -0.39 is 0 Å². The van der Waals surface area contributed by atoms with E-state index >= 15 is 0 Å². The van der Waals surface area contributed by atoms with E-state index in [-0.39, 0.29) is 22.0 Å². The second kappa shape index (κ2) is 7.44. The largest absolute Gasteiger partial charge is 0.488 e. The number of benzene rings is 3. The van der Waals surface area contributed by atoms with Crippen molar-refractivity contribution < 1.29 is 14.3 Å². The van der Waals surface area contributed by atoms with E-state index in [0.717, 1.165) is 24.0 Å². The molecule has 0 bridgehead atoms. The van der Waals surface area contributed by atoms with Gasteiger partial charge in [-0.05, 0) is 75.1 Å². The SMILES string of the molecule is COC(=O)c1ccc2c(c1)c1ccccc1[s+]2-c1ccc(OC2(C)CCCC2)cc1. The maximum atomic E-state index is 12.0. The van der Waals surface area contributed by atoms with Gasteiger partial charge in [-0.25, -0.2) is 4.79 Å². The minimum absolute atomic E-state index is 0.0271. The lowest BCUT2D eigenvalue weighted by molar-refractivity contribution is 0.0601. The van der Waals surface area contributed by atoms with Gasteiger partial charge in [-0.3, -0.25) is 0 Å². The monoisotopic (exact) mass is 417 g/mol. The van der Waals surface area contributed by atoms with Crippen LogP contribution in [0, 0.1) is 0 Å². The first-order valence-corrected chi connectivity index (χ1v) is 11.7. The Balaban J connectivity index is 1.60. The number of hydrogen-bond acceptors (Lipinski definition) is 3. The standard InChI is InChI=1S/C26H25O3S/c1-26(15-5-6-16-26)29-19-10-12-20(13-11-19)30-23-8-4-3-7-21(23)22-17-18(25(27)28-2)9-14-24(22)30/h3-4,7-14,17H,5-6,15-16H2,1-2H3/q+1. The Kier molecular flexibility index (Phi) is 4.75. The second-order valence-electron chi connectivity index (χ2n) is 8.24. The highest BCUT2D eigenvalue weighted by Gasteiger charge is 2.31. The summed E-state index contributed by atoms with van der Waals surface area (Å²) in [4.78, 5) is 13.3. The fourth-order valence-corrected chi connectivity index (χ4v) is 6.91. The summed E-state index contributed by atoms with van der Waals surface area (Å²) in [6.45, 7) is 2.22. The Hall–Kier alpha value is -2.85. The molecule has 1 saturated carbocycles. The van der Waals surface area contributed by atoms with Crippen molar-refractivity contribution in [3.8, 4) is 10.6 Å². The van der Waals surface area contributed by atoms with Crippen LogP contribution < -0.4 is 4.74 Å². The molecule has 1 unspecified atom stereocenters. The van der Waals surface area contributed by atoms with Gasteiger partial charge in [-0.1, -0.05) is 12.1 Å². The molecular weight excluding hydrogens is 392 g/mol. The number of carbonyl (C=O) groups excluding carboxylic acids is 1. The minimum Gasteiger partial charge on any atom is -0.488 e. The molecule has 152 valence electrons. The lowest BCUT2D eigenvalue weighted by atomic mass is 10.1. The van der Waals surface area contributed by atoms with E-state index in [4.69, 9.17) is 9.47 Å². The molecule has 1 heterocycles. The summed E-state index contributed by atoms with van der Waals surface area (Å²) in [6.07, 6.45) is 4.75. The maximum absolute atomic E-state index is 12.0. The molecule has 0 amide bonds. The summed E-state index contributed by atoms with van der Waals surface area (Å²) in [7, 11) is 1.23. The maximum Gasteiger partial charge on any atom is 0.337 e. The minimum atomic E-state index is -0.302. The van der Waals surface area contributed by atoms with Crippen LogP contribution in [0.1, 0.15) is 43.0 Å². The van der Waals surface area contributed by atoms with Crippen molar-refractivity contribution in [3.05, 3.63) is 72.3 Å². The number of fused-ring (bicyclic) bond motifs is 3. The first kappa shape index (κ1) is 19.1. The van der Waals surface area contributed by atoms with Gasteiger partial charge in [0, 0.05) is 33.4 Å². The molecule has 3 nitrogen and oxygen atoms in total. The van der Waals surface area contributed by atoms with Crippen molar-refractivity contribution in [1.29, 1.82) is 0 Å². The Bertz CT molecular complexity index is 1230. The molecular formula is C26H25O3S+. The molecule has 1 atom stereocenters. The molecule has 4 heteroatoms. The molecule has 0 N–H and O–H groups in total. The van der Waals surface area contributed by atoms with Crippen LogP contribution in [0.4, 0.5) is 0 Å². The zero-order chi connectivity index (χ0) is 20.7. The quantitative estimate of drug-likeness (QED) is 0.259. The third-order valence-electron chi connectivity index (χ3n) is 6.10. The molecule has 1 fully saturated rings. The number of ether oxygens (including phenoxy) is 2. The number of carbonyl (C=O) groups is 1. The van der Waals surface area contributed by atoms with Crippen LogP contribution in [0.2, 0.25) is 0 Å². The molecule has 5 rings (SSSR count). The van der Waals surface area contributed by atoms with Crippen molar-refractivity contribution in [2.75, 3.05) is 7.11 Å². The predicted octanol–water partition coefficient (Wildman–Crippen LogP) is 7.23. The zero-order valence-corrected chi connectivity index (χ0v) is 18.1. The van der Waals surface area contributed by atoms with E-state index in [9.17, 15) is 4.79 Å². The van der Waals surface area contributed by atoms with Gasteiger partial charge in [0.1, 0.15) is 11.4 Å². The molecule has 0 saturated heterocycles. The lowest BCUT2D eigenvalue weighted by Crippen LogP contribution is -2.27. The summed E-state index contributed by atoms with van der Waals surface area (Å²) >= 11 is 0. The van der Waals surface area contributed by atoms with Crippen LogP contribution in [0.3, 0.4) is 0 Å². The Morgan fingerprint density at radius 1 is 0.900 bits per heavy atom. The number of methoxy groups -OCH3 is 1. The average Bonchev–Trinajstić information content (AvgIpc) is 3.34. The predicted molar refractivity (Wildman–Crippen MR) is 124 cm³/mol. The number of thiophene rings is 1. The zero-order valence-electron chi connectivity index (χ0n) is 17.3. The van der Waals surface area contributed by atoms with Crippen LogP contribution in [-0.2, 0) is 4.74 Å². The van der Waals surface area contributed by atoms with E-state index in [2.05, 4.69) is 61.5 Å². The van der Waals surface area contributed by atoms with Gasteiger partial charge in [0.2, 0.25) is 0 Å². The molecule has 1 aliphatic carbocycles. The van der Waals surface area contributed by atoms with Crippen LogP contribution in [0.25, 0.3) is 25.1 Å². The van der Waals surface area contributed by atoms with Crippen molar-refractivity contribution in [2.45, 2.75) is 38.2 Å². The first-order chi connectivity index (χ1) is 14.6. The normalized spacial score (nSPS) is 16.1. The van der Waals surface area contributed by atoms with E-state index in [1.54, 1.807) is 0 Å². The number of hydrogen-bond donors (Lipinski definition) is 0. The molecule has 4 aromatic rings. The highest BCUT2D eigenvalue weighted by atomic mass is 32.2. The smallest absolute Gasteiger partial charge is 0.337 e. The number of esters is 1. The third kappa shape index (κ3) is 3.25. The molecule has 3 aromatic carbocycles. The lowest BCUT2D eigenvalue weighted by Gasteiger charge is -2.25. The average molecular weight is 418 g/mol. The number of rotatable bonds is 4. The van der Waals surface area contributed by atoms with E-state index in [1.807, 2.05) is 12.1 Å². The Morgan fingerprint density at radius 3 is 2.33 bits per heavy atom. The van der Waals surface area contributed by atoms with E-state index in [0.29, 0.717) is 5.56 Å². The second-order valence-corrected chi connectivity index (χ2v) is 10.2. The summed E-state index contributed by atoms with van der Waals surface area (Å²) < 4.78 is 13.8. The first-order valence-electron chi connectivity index (χ1n) is 10.4. The van der Waals surface area contributed by atoms with Crippen LogP contribution in [0.5, 0.6) is 5.75 Å². The summed E-state index contributed by atoms with van der Waals surface area (Å²) in [5.74, 6) is 0.643. The topological polar surface area (TPSA) is 35.5 Å². The molecule has 0 spiro atoms. The summed E-state index contributed by atoms with van der Waals surface area (Å²) in [6, 6.07) is 23.0. The third-order valence-corrected chi connectivity index (χ3v) is 8.44. The fraction of sp³-hybridized carbons (Fsp3) is 0.269. The highest BCUT2D eigenvalue weighted by molar-refractivity contribution is 7.50. The van der Waals surface area contributed by atoms with Crippen LogP contribution in [-0.4, -0.2) is 18.7 Å². The van der Waals surface area contributed by atoms with Crippen molar-refractivity contribution >= 4 is 36.6 Å². The molecule has 0 aliphatic heterocycles. The Labute approximate surface area is 179 Å². The van der Waals surface area contributed by atoms with Gasteiger partial charge in [0.05, 0.1) is 12.7 Å². The fourth-order valence-electron chi connectivity index (χ4n) is 4.56. The van der Waals surface area contributed by atoms with Gasteiger partial charge in [-0.2, -0.15) is 0 Å². The highest BCUT2D eigenvalue weighted by Crippen LogP contribution is 2.49. The van der Waals surface area contributed by atoms with Crippen molar-refractivity contribution in [1.82, 2.24) is 0 Å². The van der Waals surface area contributed by atoms with Gasteiger partial charge in [0.25, 0.3) is 0 Å². The van der Waals surface area contributed by atoms with Gasteiger partial charge >= 0.3 is 5.97 Å². The van der Waals surface area contributed by atoms with Gasteiger partial charge in [0.15, 0.2) is 14.3 Å². The van der Waals surface area contributed by atoms with Crippen LogP contribution >= 0.6 is 10.5 Å². The van der Waals surface area contributed by atoms with Crippen molar-refractivity contribution in [2.24, 2.45) is 0 Å². The molecule has 0 radical (unpaired) electrons. The molecule has 1 aliphatic rings. The molecule has 30 heavy (non-hydrogen) atoms. The Morgan fingerprint density at radius 2 is 1.60 bits per heavy atom.